The third-order valence-electron chi connectivity index (χ3n) is 4.64. The minimum Gasteiger partial charge on any atom is -0.380 e. The van der Waals surface area contributed by atoms with E-state index in [1.54, 1.807) is 7.11 Å². The Kier molecular flexibility index (Phi) is 8.77. The third-order valence-corrected chi connectivity index (χ3v) is 4.64. The van der Waals surface area contributed by atoms with E-state index in [0.29, 0.717) is 19.2 Å². The SMILES string of the molecule is CCCN1CCC(NC(=NCc2ccccc2COC)NCC)CC1. The second-order valence-corrected chi connectivity index (χ2v) is 6.66. The molecule has 1 aliphatic heterocycles. The highest BCUT2D eigenvalue weighted by atomic mass is 16.5. The molecule has 0 radical (unpaired) electrons. The van der Waals surface area contributed by atoms with Gasteiger partial charge >= 0.3 is 0 Å². The predicted octanol–water partition coefficient (Wildman–Crippen LogP) is 2.76. The van der Waals surface area contributed by atoms with Crippen LogP contribution in [0, 0.1) is 0 Å². The summed E-state index contributed by atoms with van der Waals surface area (Å²) >= 11 is 0. The van der Waals surface area contributed by atoms with E-state index in [0.717, 1.165) is 12.5 Å². The van der Waals surface area contributed by atoms with E-state index >= 15 is 0 Å². The van der Waals surface area contributed by atoms with Gasteiger partial charge in [0.15, 0.2) is 5.96 Å². The highest BCUT2D eigenvalue weighted by molar-refractivity contribution is 5.80. The zero-order valence-electron chi connectivity index (χ0n) is 16.1. The maximum absolute atomic E-state index is 5.29. The van der Waals surface area contributed by atoms with Gasteiger partial charge in [-0.2, -0.15) is 0 Å². The van der Waals surface area contributed by atoms with Gasteiger partial charge in [0.05, 0.1) is 13.2 Å². The summed E-state index contributed by atoms with van der Waals surface area (Å²) in [6.45, 7) is 10.1. The Bertz CT molecular complexity index is 524. The molecule has 0 spiro atoms. The lowest BCUT2D eigenvalue weighted by Crippen LogP contribution is -2.48. The number of ether oxygens (including phenoxy) is 1. The molecule has 0 amide bonds. The van der Waals surface area contributed by atoms with Crippen molar-refractivity contribution in [2.75, 3.05) is 33.3 Å². The lowest BCUT2D eigenvalue weighted by atomic mass is 10.1. The van der Waals surface area contributed by atoms with Crippen LogP contribution in [0.1, 0.15) is 44.2 Å². The van der Waals surface area contributed by atoms with Gasteiger partial charge < -0.3 is 20.3 Å². The fraction of sp³-hybridized carbons (Fsp3) is 0.650. The van der Waals surface area contributed by atoms with Crippen molar-refractivity contribution in [3.05, 3.63) is 35.4 Å². The molecule has 0 aliphatic carbocycles. The van der Waals surface area contributed by atoms with Crippen LogP contribution in [0.3, 0.4) is 0 Å². The molecule has 1 aliphatic rings. The number of aliphatic imine (C=N–C) groups is 1. The van der Waals surface area contributed by atoms with Gasteiger partial charge in [-0.1, -0.05) is 31.2 Å². The molecule has 0 unspecified atom stereocenters. The average Bonchev–Trinajstić information content (AvgIpc) is 2.63. The first kappa shape index (κ1) is 19.7. The van der Waals surface area contributed by atoms with Gasteiger partial charge in [-0.05, 0) is 43.9 Å². The first-order valence-corrected chi connectivity index (χ1v) is 9.59. The van der Waals surface area contributed by atoms with E-state index in [1.807, 2.05) is 0 Å². The molecule has 0 bridgehead atoms. The van der Waals surface area contributed by atoms with Gasteiger partial charge in [0.2, 0.25) is 0 Å². The second-order valence-electron chi connectivity index (χ2n) is 6.66. The molecular formula is C20H34N4O. The van der Waals surface area contributed by atoms with Gasteiger partial charge in [0, 0.05) is 32.8 Å². The van der Waals surface area contributed by atoms with Crippen LogP contribution in [-0.4, -0.2) is 50.2 Å². The molecule has 0 atom stereocenters. The number of likely N-dealkylation sites (tertiary alicyclic amines) is 1. The zero-order chi connectivity index (χ0) is 17.9. The Labute approximate surface area is 152 Å². The Hall–Kier alpha value is -1.59. The fourth-order valence-electron chi connectivity index (χ4n) is 3.30. The number of guanidine groups is 1. The summed E-state index contributed by atoms with van der Waals surface area (Å²) in [4.78, 5) is 7.36. The van der Waals surface area contributed by atoms with Gasteiger partial charge in [-0.3, -0.25) is 0 Å². The number of methoxy groups -OCH3 is 1. The van der Waals surface area contributed by atoms with Crippen LogP contribution in [0.15, 0.2) is 29.3 Å². The number of nitrogens with zero attached hydrogens (tertiary/aromatic N) is 2. The monoisotopic (exact) mass is 346 g/mol. The van der Waals surface area contributed by atoms with Crippen LogP contribution < -0.4 is 10.6 Å². The highest BCUT2D eigenvalue weighted by Crippen LogP contribution is 2.12. The van der Waals surface area contributed by atoms with E-state index < -0.39 is 0 Å². The number of benzene rings is 1. The molecule has 0 saturated carbocycles. The first-order valence-electron chi connectivity index (χ1n) is 9.59. The Balaban J connectivity index is 1.93. The zero-order valence-corrected chi connectivity index (χ0v) is 16.1. The molecule has 1 saturated heterocycles. The third kappa shape index (κ3) is 6.67. The highest BCUT2D eigenvalue weighted by Gasteiger charge is 2.19. The summed E-state index contributed by atoms with van der Waals surface area (Å²) in [5.74, 6) is 0.920. The standard InChI is InChI=1S/C20H34N4O/c1-4-12-24-13-10-19(11-14-24)23-20(21-5-2)22-15-17-8-6-7-9-18(17)16-25-3/h6-9,19H,4-5,10-16H2,1-3H3,(H2,21,22,23). The number of rotatable bonds is 8. The predicted molar refractivity (Wildman–Crippen MR) is 105 cm³/mol. The van der Waals surface area contributed by atoms with Crippen LogP contribution in [-0.2, 0) is 17.9 Å². The minimum atomic E-state index is 0.514. The average molecular weight is 347 g/mol. The normalized spacial score (nSPS) is 16.8. The van der Waals surface area contributed by atoms with Crippen molar-refractivity contribution < 1.29 is 4.74 Å². The molecule has 5 heteroatoms. The van der Waals surface area contributed by atoms with E-state index in [4.69, 9.17) is 9.73 Å². The van der Waals surface area contributed by atoms with Crippen LogP contribution in [0.5, 0.6) is 0 Å². The smallest absolute Gasteiger partial charge is 0.191 e. The van der Waals surface area contributed by atoms with Crippen molar-refractivity contribution in [3.63, 3.8) is 0 Å². The summed E-state index contributed by atoms with van der Waals surface area (Å²) in [5, 5.41) is 7.00. The molecule has 1 fully saturated rings. The molecule has 1 aromatic rings. The van der Waals surface area contributed by atoms with Crippen molar-refractivity contribution in [3.8, 4) is 0 Å². The summed E-state index contributed by atoms with van der Waals surface area (Å²) in [7, 11) is 1.73. The van der Waals surface area contributed by atoms with Crippen molar-refractivity contribution in [2.45, 2.75) is 52.3 Å². The first-order chi connectivity index (χ1) is 12.3. The summed E-state index contributed by atoms with van der Waals surface area (Å²) in [6, 6.07) is 8.87. The van der Waals surface area contributed by atoms with Crippen molar-refractivity contribution in [1.82, 2.24) is 15.5 Å². The van der Waals surface area contributed by atoms with Crippen LogP contribution in [0.25, 0.3) is 0 Å². The molecule has 140 valence electrons. The molecule has 2 rings (SSSR count). The van der Waals surface area contributed by atoms with Crippen LogP contribution >= 0.6 is 0 Å². The number of hydrogen-bond donors (Lipinski definition) is 2. The van der Waals surface area contributed by atoms with E-state index in [-0.39, 0.29) is 0 Å². The molecule has 1 aromatic carbocycles. The van der Waals surface area contributed by atoms with Gasteiger partial charge in [0.25, 0.3) is 0 Å². The van der Waals surface area contributed by atoms with E-state index in [2.05, 4.69) is 53.6 Å². The molecule has 0 aromatic heterocycles. The molecule has 5 nitrogen and oxygen atoms in total. The van der Waals surface area contributed by atoms with Crippen molar-refractivity contribution in [2.24, 2.45) is 4.99 Å². The fourth-order valence-corrected chi connectivity index (χ4v) is 3.30. The summed E-state index contributed by atoms with van der Waals surface area (Å²) in [5.41, 5.74) is 2.43. The molecular weight excluding hydrogens is 312 g/mol. The van der Waals surface area contributed by atoms with E-state index in [9.17, 15) is 0 Å². The Morgan fingerprint density at radius 1 is 1.20 bits per heavy atom. The largest absolute Gasteiger partial charge is 0.380 e. The molecule has 1 heterocycles. The van der Waals surface area contributed by atoms with Crippen molar-refractivity contribution >= 4 is 5.96 Å². The molecule has 2 N–H and O–H groups in total. The van der Waals surface area contributed by atoms with Gasteiger partial charge in [-0.25, -0.2) is 4.99 Å². The Morgan fingerprint density at radius 3 is 2.56 bits per heavy atom. The van der Waals surface area contributed by atoms with Crippen LogP contribution in [0.4, 0.5) is 0 Å². The lowest BCUT2D eigenvalue weighted by Gasteiger charge is -2.32. The maximum atomic E-state index is 5.29. The quantitative estimate of drug-likeness (QED) is 0.561. The summed E-state index contributed by atoms with van der Waals surface area (Å²) < 4.78 is 5.29. The molecule has 25 heavy (non-hydrogen) atoms. The number of hydrogen-bond acceptors (Lipinski definition) is 3. The van der Waals surface area contributed by atoms with Crippen molar-refractivity contribution in [1.29, 1.82) is 0 Å². The topological polar surface area (TPSA) is 48.9 Å². The van der Waals surface area contributed by atoms with Gasteiger partial charge in [0.1, 0.15) is 0 Å². The Morgan fingerprint density at radius 2 is 1.92 bits per heavy atom. The number of nitrogens with one attached hydrogen (secondary N) is 2. The lowest BCUT2D eigenvalue weighted by molar-refractivity contribution is 0.184. The van der Waals surface area contributed by atoms with E-state index in [1.165, 1.54) is 50.0 Å². The van der Waals surface area contributed by atoms with Gasteiger partial charge in [-0.15, -0.1) is 0 Å². The van der Waals surface area contributed by atoms with Crippen LogP contribution in [0.2, 0.25) is 0 Å². The second kappa shape index (κ2) is 11.1. The minimum absolute atomic E-state index is 0.514. The number of piperidine rings is 1. The maximum Gasteiger partial charge on any atom is 0.191 e. The summed E-state index contributed by atoms with van der Waals surface area (Å²) in [6.07, 6.45) is 3.61.